The predicted molar refractivity (Wildman–Crippen MR) is 86.4 cm³/mol. The molecule has 2 aromatic rings. The molecule has 0 aliphatic carbocycles. The highest BCUT2D eigenvalue weighted by Crippen LogP contribution is 2.32. The molecule has 0 aliphatic rings. The second-order valence-corrected chi connectivity index (χ2v) is 6.46. The minimum absolute atomic E-state index is 0.129. The summed E-state index contributed by atoms with van der Waals surface area (Å²) < 4.78 is 19.5. The summed E-state index contributed by atoms with van der Waals surface area (Å²) in [6.07, 6.45) is 0. The number of benzene rings is 1. The molecule has 0 saturated heterocycles. The predicted octanol–water partition coefficient (Wildman–Crippen LogP) is 4.94. The first-order valence-electron chi connectivity index (χ1n) is 7.16. The smallest absolute Gasteiger partial charge is 0.131 e. The van der Waals surface area contributed by atoms with Crippen molar-refractivity contribution in [2.75, 3.05) is 7.11 Å². The van der Waals surface area contributed by atoms with Gasteiger partial charge >= 0.3 is 0 Å². The van der Waals surface area contributed by atoms with E-state index in [4.69, 9.17) is 4.74 Å². The molecule has 0 amide bonds. The molecule has 1 heterocycles. The van der Waals surface area contributed by atoms with Crippen molar-refractivity contribution in [2.45, 2.75) is 32.9 Å². The summed E-state index contributed by atoms with van der Waals surface area (Å²) in [6.45, 7) is 6.31. The second-order valence-electron chi connectivity index (χ2n) is 5.48. The molecule has 2 unspecified atom stereocenters. The van der Waals surface area contributed by atoms with Crippen LogP contribution in [-0.4, -0.2) is 7.11 Å². The van der Waals surface area contributed by atoms with E-state index in [-0.39, 0.29) is 17.9 Å². The molecule has 1 aromatic carbocycles. The summed E-state index contributed by atoms with van der Waals surface area (Å²) >= 11 is 1.72. The zero-order valence-corrected chi connectivity index (χ0v) is 13.7. The van der Waals surface area contributed by atoms with Crippen molar-refractivity contribution in [1.82, 2.24) is 5.32 Å². The number of halogens is 1. The topological polar surface area (TPSA) is 21.3 Å². The van der Waals surface area contributed by atoms with Crippen molar-refractivity contribution in [3.05, 3.63) is 52.0 Å². The van der Waals surface area contributed by atoms with Crippen LogP contribution in [0.25, 0.3) is 0 Å². The van der Waals surface area contributed by atoms with Gasteiger partial charge in [0.25, 0.3) is 0 Å². The summed E-state index contributed by atoms with van der Waals surface area (Å²) in [7, 11) is 1.57. The number of thiophene rings is 1. The molecule has 1 aromatic heterocycles. The van der Waals surface area contributed by atoms with Gasteiger partial charge in [-0.1, -0.05) is 26.0 Å². The van der Waals surface area contributed by atoms with Crippen LogP contribution in [0.15, 0.2) is 35.7 Å². The first kappa shape index (κ1) is 16.0. The lowest BCUT2D eigenvalue weighted by Gasteiger charge is -2.27. The average molecular weight is 307 g/mol. The fourth-order valence-electron chi connectivity index (χ4n) is 2.54. The van der Waals surface area contributed by atoms with Gasteiger partial charge in [-0.3, -0.25) is 0 Å². The molecule has 1 N–H and O–H groups in total. The molecule has 0 spiro atoms. The minimum Gasteiger partial charge on any atom is -0.496 e. The normalized spacial score (nSPS) is 14.2. The van der Waals surface area contributed by atoms with E-state index in [0.29, 0.717) is 17.2 Å². The lowest BCUT2D eigenvalue weighted by Crippen LogP contribution is -2.28. The minimum atomic E-state index is -0.233. The summed E-state index contributed by atoms with van der Waals surface area (Å²) in [5.74, 6) is 0.774. The molecule has 0 bridgehead atoms. The van der Waals surface area contributed by atoms with Crippen LogP contribution in [0.2, 0.25) is 0 Å². The van der Waals surface area contributed by atoms with Crippen LogP contribution in [-0.2, 0) is 0 Å². The maximum absolute atomic E-state index is 14.2. The Labute approximate surface area is 130 Å². The van der Waals surface area contributed by atoms with E-state index >= 15 is 0 Å². The molecule has 0 radical (unpaired) electrons. The van der Waals surface area contributed by atoms with E-state index in [1.807, 2.05) is 13.0 Å². The molecule has 4 heteroatoms. The fraction of sp³-hybridized carbons (Fsp3) is 0.412. The van der Waals surface area contributed by atoms with Gasteiger partial charge in [-0.2, -0.15) is 0 Å². The quantitative estimate of drug-likeness (QED) is 0.816. The van der Waals surface area contributed by atoms with Crippen molar-refractivity contribution in [3.8, 4) is 5.75 Å². The van der Waals surface area contributed by atoms with Gasteiger partial charge in [0.15, 0.2) is 0 Å². The zero-order valence-electron chi connectivity index (χ0n) is 12.9. The zero-order chi connectivity index (χ0) is 15.4. The molecule has 2 nitrogen and oxygen atoms in total. The van der Waals surface area contributed by atoms with Crippen molar-refractivity contribution in [1.29, 1.82) is 0 Å². The summed E-state index contributed by atoms with van der Waals surface area (Å²) in [6, 6.07) is 9.18. The van der Waals surface area contributed by atoms with Crippen LogP contribution in [0.3, 0.4) is 0 Å². The molecular weight excluding hydrogens is 285 g/mol. The first-order valence-corrected chi connectivity index (χ1v) is 8.04. The van der Waals surface area contributed by atoms with Crippen LogP contribution in [0.1, 0.15) is 43.3 Å². The SMILES string of the molecule is COc1cccc(F)c1C(C)NC(c1cccs1)C(C)C. The highest BCUT2D eigenvalue weighted by molar-refractivity contribution is 7.10. The number of ether oxygens (including phenoxy) is 1. The van der Waals surface area contributed by atoms with Crippen LogP contribution >= 0.6 is 11.3 Å². The lowest BCUT2D eigenvalue weighted by atomic mass is 9.99. The third-order valence-electron chi connectivity index (χ3n) is 3.61. The standard InChI is InChI=1S/C17H22FNOS/c1-11(2)17(15-9-6-10-21-15)19-12(3)16-13(18)7-5-8-14(16)20-4/h5-12,17,19H,1-4H3. The van der Waals surface area contributed by atoms with Crippen LogP contribution in [0.5, 0.6) is 5.75 Å². The van der Waals surface area contributed by atoms with E-state index in [2.05, 4.69) is 30.6 Å². The molecular formula is C17H22FNOS. The van der Waals surface area contributed by atoms with Gasteiger partial charge in [-0.15, -0.1) is 11.3 Å². The largest absolute Gasteiger partial charge is 0.496 e. The fourth-order valence-corrected chi connectivity index (χ4v) is 3.50. The number of nitrogens with one attached hydrogen (secondary N) is 1. The van der Waals surface area contributed by atoms with Crippen molar-refractivity contribution < 1.29 is 9.13 Å². The van der Waals surface area contributed by atoms with Crippen LogP contribution in [0.4, 0.5) is 4.39 Å². The van der Waals surface area contributed by atoms with Gasteiger partial charge in [0, 0.05) is 22.5 Å². The Morgan fingerprint density at radius 1 is 1.14 bits per heavy atom. The Morgan fingerprint density at radius 2 is 1.90 bits per heavy atom. The first-order chi connectivity index (χ1) is 10.0. The highest BCUT2D eigenvalue weighted by atomic mass is 32.1. The van der Waals surface area contributed by atoms with E-state index in [1.165, 1.54) is 10.9 Å². The highest BCUT2D eigenvalue weighted by Gasteiger charge is 2.23. The van der Waals surface area contributed by atoms with Gasteiger partial charge in [-0.05, 0) is 36.4 Å². The summed E-state index contributed by atoms with van der Waals surface area (Å²) in [5.41, 5.74) is 0.585. The Balaban J connectivity index is 2.26. The van der Waals surface area contributed by atoms with E-state index in [0.717, 1.165) is 0 Å². The van der Waals surface area contributed by atoms with Gasteiger partial charge in [-0.25, -0.2) is 4.39 Å². The Morgan fingerprint density at radius 3 is 2.48 bits per heavy atom. The van der Waals surface area contributed by atoms with Gasteiger partial charge in [0.05, 0.1) is 7.11 Å². The van der Waals surface area contributed by atoms with Gasteiger partial charge < -0.3 is 10.1 Å². The molecule has 0 aliphatic heterocycles. The monoisotopic (exact) mass is 307 g/mol. The van der Waals surface area contributed by atoms with Crippen LogP contribution < -0.4 is 10.1 Å². The number of rotatable bonds is 6. The number of methoxy groups -OCH3 is 1. The van der Waals surface area contributed by atoms with E-state index < -0.39 is 0 Å². The Kier molecular flexibility index (Phi) is 5.37. The van der Waals surface area contributed by atoms with E-state index in [9.17, 15) is 4.39 Å². The number of hydrogen-bond donors (Lipinski definition) is 1. The Bertz CT molecular complexity index is 568. The molecule has 2 atom stereocenters. The summed E-state index contributed by atoms with van der Waals surface area (Å²) in [4.78, 5) is 1.27. The molecule has 2 rings (SSSR count). The average Bonchev–Trinajstić information content (AvgIpc) is 2.97. The van der Waals surface area contributed by atoms with Crippen molar-refractivity contribution >= 4 is 11.3 Å². The maximum Gasteiger partial charge on any atom is 0.131 e. The number of hydrogen-bond acceptors (Lipinski definition) is 3. The van der Waals surface area contributed by atoms with Crippen molar-refractivity contribution in [3.63, 3.8) is 0 Å². The van der Waals surface area contributed by atoms with Gasteiger partial charge in [0.1, 0.15) is 11.6 Å². The second kappa shape index (κ2) is 7.05. The van der Waals surface area contributed by atoms with Crippen LogP contribution in [0, 0.1) is 11.7 Å². The maximum atomic E-state index is 14.2. The molecule has 21 heavy (non-hydrogen) atoms. The molecule has 0 fully saturated rings. The van der Waals surface area contributed by atoms with Gasteiger partial charge in [0.2, 0.25) is 0 Å². The third-order valence-corrected chi connectivity index (χ3v) is 4.57. The molecule has 114 valence electrons. The Hall–Kier alpha value is -1.39. The molecule has 0 saturated carbocycles. The van der Waals surface area contributed by atoms with Crippen molar-refractivity contribution in [2.24, 2.45) is 5.92 Å². The third kappa shape index (κ3) is 3.63. The lowest BCUT2D eigenvalue weighted by molar-refractivity contribution is 0.355. The summed E-state index contributed by atoms with van der Waals surface area (Å²) in [5, 5.41) is 5.61. The van der Waals surface area contributed by atoms with E-state index in [1.54, 1.807) is 30.6 Å².